The van der Waals surface area contributed by atoms with Crippen molar-refractivity contribution in [2.24, 2.45) is 0 Å². The Morgan fingerprint density at radius 3 is 2.67 bits per heavy atom. The van der Waals surface area contributed by atoms with E-state index in [1.54, 1.807) is 6.20 Å². The average molecular weight is 385 g/mol. The highest BCUT2D eigenvalue weighted by Crippen LogP contribution is 2.24. The zero-order valence-corrected chi connectivity index (χ0v) is 16.5. The predicted octanol–water partition coefficient (Wildman–Crippen LogP) is 4.72. The Kier molecular flexibility index (Phi) is 6.65. The molecule has 0 amide bonds. The quantitative estimate of drug-likeness (QED) is 0.463. The largest absolute Gasteiger partial charge is 0.383 e. The van der Waals surface area contributed by atoms with Gasteiger partial charge in [0, 0.05) is 53.7 Å². The molecule has 3 aromatic rings. The highest BCUT2D eigenvalue weighted by Gasteiger charge is 2.04. The number of hydrogen-bond donors (Lipinski definition) is 3. The highest BCUT2D eigenvalue weighted by molar-refractivity contribution is 6.31. The van der Waals surface area contributed by atoms with Gasteiger partial charge in [-0.25, -0.2) is 4.98 Å². The fourth-order valence-electron chi connectivity index (χ4n) is 2.78. The maximum Gasteiger partial charge on any atom is 0.224 e. The fraction of sp³-hybridized carbons (Fsp3) is 0.350. The number of aromatic nitrogens is 3. The number of aryl methyl sites for hydroxylation is 1. The lowest BCUT2D eigenvalue weighted by atomic mass is 10.2. The van der Waals surface area contributed by atoms with E-state index < -0.39 is 0 Å². The molecular weight excluding hydrogens is 360 g/mol. The molecule has 142 valence electrons. The predicted molar refractivity (Wildman–Crippen MR) is 114 cm³/mol. The Labute approximate surface area is 164 Å². The van der Waals surface area contributed by atoms with Crippen LogP contribution in [-0.2, 0) is 0 Å². The lowest BCUT2D eigenvalue weighted by molar-refractivity contribution is 0.825. The van der Waals surface area contributed by atoms with Crippen LogP contribution in [0.4, 0.5) is 17.5 Å². The minimum atomic E-state index is 0.677. The zero-order valence-electron chi connectivity index (χ0n) is 15.7. The second-order valence-corrected chi connectivity index (χ2v) is 6.81. The molecule has 2 aromatic heterocycles. The van der Waals surface area contributed by atoms with Gasteiger partial charge in [0.05, 0.1) is 5.52 Å². The summed E-state index contributed by atoms with van der Waals surface area (Å²) in [4.78, 5) is 13.3. The second-order valence-electron chi connectivity index (χ2n) is 6.37. The molecule has 3 rings (SSSR count). The SMILES string of the molecule is CCCCNc1nc(C)cc(NCCNc2ccnc3cc(Cl)ccc23)n1. The van der Waals surface area contributed by atoms with Crippen LogP contribution < -0.4 is 16.0 Å². The minimum absolute atomic E-state index is 0.677. The summed E-state index contributed by atoms with van der Waals surface area (Å²) in [6.45, 7) is 6.52. The van der Waals surface area contributed by atoms with Crippen LogP contribution in [0.3, 0.4) is 0 Å². The molecule has 0 radical (unpaired) electrons. The molecule has 0 aliphatic heterocycles. The number of anilines is 3. The van der Waals surface area contributed by atoms with Crippen LogP contribution in [0.2, 0.25) is 5.02 Å². The topological polar surface area (TPSA) is 74.8 Å². The Bertz CT molecular complexity index is 899. The van der Waals surface area contributed by atoms with E-state index >= 15 is 0 Å². The summed E-state index contributed by atoms with van der Waals surface area (Å²) in [6, 6.07) is 9.67. The second kappa shape index (κ2) is 9.37. The monoisotopic (exact) mass is 384 g/mol. The maximum absolute atomic E-state index is 6.04. The van der Waals surface area contributed by atoms with Crippen molar-refractivity contribution in [2.45, 2.75) is 26.7 Å². The van der Waals surface area contributed by atoms with Gasteiger partial charge >= 0.3 is 0 Å². The Balaban J connectivity index is 1.56. The van der Waals surface area contributed by atoms with E-state index in [1.807, 2.05) is 37.3 Å². The highest BCUT2D eigenvalue weighted by atomic mass is 35.5. The molecule has 0 saturated heterocycles. The first-order valence-corrected chi connectivity index (χ1v) is 9.65. The van der Waals surface area contributed by atoms with E-state index in [2.05, 4.69) is 37.8 Å². The third kappa shape index (κ3) is 5.44. The van der Waals surface area contributed by atoms with Crippen LogP contribution in [0.15, 0.2) is 36.5 Å². The third-order valence-corrected chi connectivity index (χ3v) is 4.35. The Morgan fingerprint density at radius 1 is 0.963 bits per heavy atom. The summed E-state index contributed by atoms with van der Waals surface area (Å²) in [6.07, 6.45) is 4.04. The number of benzene rings is 1. The minimum Gasteiger partial charge on any atom is -0.383 e. The van der Waals surface area contributed by atoms with Gasteiger partial charge in [0.15, 0.2) is 0 Å². The number of rotatable bonds is 9. The molecule has 0 atom stereocenters. The number of halogens is 1. The van der Waals surface area contributed by atoms with Crippen molar-refractivity contribution < 1.29 is 0 Å². The van der Waals surface area contributed by atoms with E-state index in [0.717, 1.165) is 60.6 Å². The van der Waals surface area contributed by atoms with Gasteiger partial charge in [0.25, 0.3) is 0 Å². The molecule has 0 aliphatic rings. The molecule has 0 aliphatic carbocycles. The first kappa shape index (κ1) is 19.2. The first-order valence-electron chi connectivity index (χ1n) is 9.27. The van der Waals surface area contributed by atoms with E-state index in [4.69, 9.17) is 11.6 Å². The summed E-state index contributed by atoms with van der Waals surface area (Å²) < 4.78 is 0. The van der Waals surface area contributed by atoms with Crippen molar-refractivity contribution in [1.82, 2.24) is 15.0 Å². The van der Waals surface area contributed by atoms with Gasteiger partial charge in [-0.15, -0.1) is 0 Å². The molecule has 7 heteroatoms. The van der Waals surface area contributed by atoms with Gasteiger partial charge in [-0.3, -0.25) is 4.98 Å². The molecule has 2 heterocycles. The molecule has 0 unspecified atom stereocenters. The molecule has 27 heavy (non-hydrogen) atoms. The summed E-state index contributed by atoms with van der Waals surface area (Å²) in [5.74, 6) is 1.51. The standard InChI is InChI=1S/C20H25ClN6/c1-3-4-8-25-20-26-14(2)12-19(27-20)24-11-10-23-17-7-9-22-18-13-15(21)5-6-16(17)18/h5-7,9,12-13H,3-4,8,10-11H2,1-2H3,(H,22,23)(H2,24,25,26,27). The fourth-order valence-corrected chi connectivity index (χ4v) is 2.94. The molecule has 6 nitrogen and oxygen atoms in total. The van der Waals surface area contributed by atoms with Gasteiger partial charge in [-0.2, -0.15) is 4.98 Å². The van der Waals surface area contributed by atoms with Gasteiger partial charge in [0.2, 0.25) is 5.95 Å². The van der Waals surface area contributed by atoms with E-state index in [-0.39, 0.29) is 0 Å². The van der Waals surface area contributed by atoms with Gasteiger partial charge in [-0.1, -0.05) is 24.9 Å². The summed E-state index contributed by atoms with van der Waals surface area (Å²) in [7, 11) is 0. The molecular formula is C20H25ClN6. The first-order chi connectivity index (χ1) is 13.2. The number of nitrogens with one attached hydrogen (secondary N) is 3. The number of hydrogen-bond acceptors (Lipinski definition) is 6. The number of fused-ring (bicyclic) bond motifs is 1. The normalized spacial score (nSPS) is 10.8. The van der Waals surface area contributed by atoms with Gasteiger partial charge in [0.1, 0.15) is 5.82 Å². The van der Waals surface area contributed by atoms with Gasteiger partial charge in [-0.05, 0) is 37.6 Å². The van der Waals surface area contributed by atoms with Crippen LogP contribution >= 0.6 is 11.6 Å². The summed E-state index contributed by atoms with van der Waals surface area (Å²) >= 11 is 6.04. The van der Waals surface area contributed by atoms with E-state index in [1.165, 1.54) is 0 Å². The number of nitrogens with zero attached hydrogens (tertiary/aromatic N) is 3. The molecule has 0 spiro atoms. The van der Waals surface area contributed by atoms with Crippen molar-refractivity contribution >= 4 is 40.0 Å². The van der Waals surface area contributed by atoms with Crippen molar-refractivity contribution in [2.75, 3.05) is 35.6 Å². The van der Waals surface area contributed by atoms with Crippen molar-refractivity contribution in [3.63, 3.8) is 0 Å². The van der Waals surface area contributed by atoms with E-state index in [0.29, 0.717) is 11.0 Å². The molecule has 3 N–H and O–H groups in total. The Morgan fingerprint density at radius 2 is 1.81 bits per heavy atom. The van der Waals surface area contributed by atoms with Crippen molar-refractivity contribution in [1.29, 1.82) is 0 Å². The van der Waals surface area contributed by atoms with Crippen molar-refractivity contribution in [3.8, 4) is 0 Å². The zero-order chi connectivity index (χ0) is 19.1. The number of pyridine rings is 1. The van der Waals surface area contributed by atoms with Crippen LogP contribution in [0.25, 0.3) is 10.9 Å². The maximum atomic E-state index is 6.04. The summed E-state index contributed by atoms with van der Waals surface area (Å²) in [5.41, 5.74) is 2.87. The molecule has 0 bridgehead atoms. The van der Waals surface area contributed by atoms with Crippen LogP contribution in [0.1, 0.15) is 25.5 Å². The average Bonchev–Trinajstić information content (AvgIpc) is 2.65. The Hall–Kier alpha value is -2.60. The number of unbranched alkanes of at least 4 members (excludes halogenated alkanes) is 1. The third-order valence-electron chi connectivity index (χ3n) is 4.12. The smallest absolute Gasteiger partial charge is 0.224 e. The van der Waals surface area contributed by atoms with Crippen LogP contribution in [0.5, 0.6) is 0 Å². The molecule has 0 saturated carbocycles. The van der Waals surface area contributed by atoms with Crippen molar-refractivity contribution in [3.05, 3.63) is 47.2 Å². The van der Waals surface area contributed by atoms with Crippen LogP contribution in [-0.4, -0.2) is 34.6 Å². The molecule has 0 fully saturated rings. The lowest BCUT2D eigenvalue weighted by Crippen LogP contribution is -2.15. The lowest BCUT2D eigenvalue weighted by Gasteiger charge is -2.12. The van der Waals surface area contributed by atoms with E-state index in [9.17, 15) is 0 Å². The van der Waals surface area contributed by atoms with Crippen LogP contribution in [0, 0.1) is 6.92 Å². The van der Waals surface area contributed by atoms with Gasteiger partial charge < -0.3 is 16.0 Å². The molecule has 1 aromatic carbocycles. The summed E-state index contributed by atoms with van der Waals surface area (Å²) in [5, 5.41) is 11.8.